The molecule has 0 aliphatic carbocycles. The van der Waals surface area contributed by atoms with E-state index in [4.69, 9.17) is 16.0 Å². The van der Waals surface area contributed by atoms with Crippen LogP contribution in [-0.2, 0) is 0 Å². The fourth-order valence-electron chi connectivity index (χ4n) is 2.66. The zero-order chi connectivity index (χ0) is 20.9. The summed E-state index contributed by atoms with van der Waals surface area (Å²) in [5.41, 5.74) is 1.78. The van der Waals surface area contributed by atoms with Crippen LogP contribution in [0.15, 0.2) is 99.2 Å². The SMILES string of the molecule is O=C(N(/N=C/c1ccccc1)c1ccccc1)n1nc(-c2ccc(Cl)cc2)oc1=O. The number of hydrogen-bond acceptors (Lipinski definition) is 5. The summed E-state index contributed by atoms with van der Waals surface area (Å²) in [6, 6.07) is 23.8. The van der Waals surface area contributed by atoms with Gasteiger partial charge in [-0.05, 0) is 42.0 Å². The van der Waals surface area contributed by atoms with Gasteiger partial charge >= 0.3 is 11.8 Å². The van der Waals surface area contributed by atoms with Crippen LogP contribution in [0.1, 0.15) is 5.56 Å². The lowest BCUT2D eigenvalue weighted by atomic mass is 10.2. The van der Waals surface area contributed by atoms with E-state index in [0.29, 0.717) is 21.0 Å². The molecule has 0 aliphatic heterocycles. The van der Waals surface area contributed by atoms with E-state index in [0.717, 1.165) is 10.6 Å². The van der Waals surface area contributed by atoms with Gasteiger partial charge in [-0.15, -0.1) is 9.78 Å². The third kappa shape index (κ3) is 4.21. The Hall–Kier alpha value is -3.97. The highest BCUT2D eigenvalue weighted by molar-refractivity contribution is 6.30. The number of hydrogen-bond donors (Lipinski definition) is 0. The average molecular weight is 419 g/mol. The highest BCUT2D eigenvalue weighted by Crippen LogP contribution is 2.19. The highest BCUT2D eigenvalue weighted by atomic mass is 35.5. The number of amides is 1. The second kappa shape index (κ2) is 8.59. The molecule has 0 radical (unpaired) electrons. The molecule has 4 rings (SSSR count). The molecule has 3 aromatic carbocycles. The van der Waals surface area contributed by atoms with Gasteiger partial charge in [-0.1, -0.05) is 60.1 Å². The van der Waals surface area contributed by atoms with E-state index in [1.165, 1.54) is 6.21 Å². The van der Waals surface area contributed by atoms with Crippen molar-refractivity contribution < 1.29 is 9.21 Å². The lowest BCUT2D eigenvalue weighted by molar-refractivity contribution is 0.243. The Morgan fingerprint density at radius 2 is 1.60 bits per heavy atom. The van der Waals surface area contributed by atoms with Gasteiger partial charge in [-0.25, -0.2) is 9.59 Å². The fourth-order valence-corrected chi connectivity index (χ4v) is 2.78. The van der Waals surface area contributed by atoms with Gasteiger partial charge in [0.1, 0.15) is 0 Å². The summed E-state index contributed by atoms with van der Waals surface area (Å²) in [5, 5.41) is 9.93. The maximum atomic E-state index is 13.1. The molecule has 0 aliphatic rings. The van der Waals surface area contributed by atoms with E-state index in [9.17, 15) is 9.59 Å². The van der Waals surface area contributed by atoms with Crippen LogP contribution in [0.25, 0.3) is 11.5 Å². The minimum absolute atomic E-state index is 0.00469. The summed E-state index contributed by atoms with van der Waals surface area (Å²) < 4.78 is 5.80. The molecule has 8 heteroatoms. The Kier molecular flexibility index (Phi) is 5.54. The Balaban J connectivity index is 1.71. The van der Waals surface area contributed by atoms with Crippen molar-refractivity contribution in [1.82, 2.24) is 9.78 Å². The molecule has 0 fully saturated rings. The second-order valence-electron chi connectivity index (χ2n) is 6.18. The highest BCUT2D eigenvalue weighted by Gasteiger charge is 2.23. The van der Waals surface area contributed by atoms with Crippen molar-refractivity contribution in [3.63, 3.8) is 0 Å². The summed E-state index contributed by atoms with van der Waals surface area (Å²) in [6.45, 7) is 0. The van der Waals surface area contributed by atoms with Crippen molar-refractivity contribution in [2.45, 2.75) is 0 Å². The monoisotopic (exact) mass is 418 g/mol. The average Bonchev–Trinajstić information content (AvgIpc) is 3.17. The minimum atomic E-state index is -0.916. The summed E-state index contributed by atoms with van der Waals surface area (Å²) in [4.78, 5) is 25.5. The predicted octanol–water partition coefficient (Wildman–Crippen LogP) is 4.67. The van der Waals surface area contributed by atoms with Crippen molar-refractivity contribution in [1.29, 1.82) is 0 Å². The van der Waals surface area contributed by atoms with Gasteiger partial charge < -0.3 is 4.42 Å². The Bertz CT molecular complexity index is 1230. The first kappa shape index (κ1) is 19.4. The number of carbonyl (C=O) groups excluding carboxylic acids is 1. The van der Waals surface area contributed by atoms with Crippen LogP contribution in [0.2, 0.25) is 5.02 Å². The minimum Gasteiger partial charge on any atom is -0.387 e. The molecule has 30 heavy (non-hydrogen) atoms. The predicted molar refractivity (Wildman–Crippen MR) is 115 cm³/mol. The first-order valence-corrected chi connectivity index (χ1v) is 9.34. The third-order valence-electron chi connectivity index (χ3n) is 4.12. The van der Waals surface area contributed by atoms with Crippen LogP contribution in [0.3, 0.4) is 0 Å². The van der Waals surface area contributed by atoms with E-state index in [2.05, 4.69) is 10.2 Å². The smallest absolute Gasteiger partial charge is 0.387 e. The first-order valence-electron chi connectivity index (χ1n) is 8.96. The van der Waals surface area contributed by atoms with E-state index >= 15 is 0 Å². The molecule has 1 amide bonds. The topological polar surface area (TPSA) is 80.7 Å². The first-order chi connectivity index (χ1) is 14.6. The quantitative estimate of drug-likeness (QED) is 0.356. The standard InChI is InChI=1S/C22H15ClN4O3/c23-18-13-11-17(12-14-18)20-25-27(22(29)30-20)21(28)26(19-9-5-2-6-10-19)24-15-16-7-3-1-4-8-16/h1-15H/b24-15+. The fraction of sp³-hybridized carbons (Fsp3) is 0. The Morgan fingerprint density at radius 3 is 2.27 bits per heavy atom. The van der Waals surface area contributed by atoms with Crippen LogP contribution in [0, 0.1) is 0 Å². The van der Waals surface area contributed by atoms with E-state index < -0.39 is 11.8 Å². The van der Waals surface area contributed by atoms with Crippen LogP contribution in [0.4, 0.5) is 10.5 Å². The normalized spacial score (nSPS) is 11.0. The molecule has 0 bridgehead atoms. The number of carbonyl (C=O) groups is 1. The number of anilines is 1. The zero-order valence-corrected chi connectivity index (χ0v) is 16.3. The van der Waals surface area contributed by atoms with Crippen molar-refractivity contribution in [3.8, 4) is 11.5 Å². The van der Waals surface area contributed by atoms with Crippen molar-refractivity contribution in [2.75, 3.05) is 5.01 Å². The lowest BCUT2D eigenvalue weighted by Crippen LogP contribution is -2.36. The number of para-hydroxylation sites is 1. The van der Waals surface area contributed by atoms with Crippen LogP contribution in [-0.4, -0.2) is 22.0 Å². The zero-order valence-electron chi connectivity index (χ0n) is 15.6. The molecule has 0 saturated heterocycles. The van der Waals surface area contributed by atoms with Gasteiger partial charge in [0.2, 0.25) is 5.89 Å². The molecule has 4 aromatic rings. The number of aromatic nitrogens is 2. The summed E-state index contributed by atoms with van der Waals surface area (Å²) in [6.07, 6.45) is 1.52. The van der Waals surface area contributed by atoms with Crippen molar-refractivity contribution >= 4 is 29.5 Å². The van der Waals surface area contributed by atoms with E-state index in [1.807, 2.05) is 36.4 Å². The number of hydrazone groups is 1. The van der Waals surface area contributed by atoms with Gasteiger partial charge in [-0.3, -0.25) is 0 Å². The van der Waals surface area contributed by atoms with E-state index in [1.54, 1.807) is 48.5 Å². The molecule has 0 unspecified atom stereocenters. The summed E-state index contributed by atoms with van der Waals surface area (Å²) in [7, 11) is 0. The maximum Gasteiger partial charge on any atom is 0.446 e. The van der Waals surface area contributed by atoms with Crippen molar-refractivity contribution in [3.05, 3.63) is 106 Å². The molecular weight excluding hydrogens is 404 g/mol. The molecule has 0 N–H and O–H groups in total. The largest absolute Gasteiger partial charge is 0.446 e. The van der Waals surface area contributed by atoms with Crippen molar-refractivity contribution in [2.24, 2.45) is 5.10 Å². The van der Waals surface area contributed by atoms with Crippen LogP contribution < -0.4 is 10.8 Å². The molecular formula is C22H15ClN4O3. The molecule has 7 nitrogen and oxygen atoms in total. The Labute approximate surface area is 176 Å². The molecule has 0 saturated carbocycles. The number of nitrogens with zero attached hydrogens (tertiary/aromatic N) is 4. The summed E-state index contributed by atoms with van der Waals surface area (Å²) in [5.74, 6) is -0.911. The molecule has 1 aromatic heterocycles. The number of rotatable bonds is 4. The number of halogens is 1. The van der Waals surface area contributed by atoms with Gasteiger partial charge in [0.25, 0.3) is 0 Å². The molecule has 148 valence electrons. The van der Waals surface area contributed by atoms with Gasteiger partial charge in [0.05, 0.1) is 11.9 Å². The molecule has 0 spiro atoms. The van der Waals surface area contributed by atoms with E-state index in [-0.39, 0.29) is 5.89 Å². The second-order valence-corrected chi connectivity index (χ2v) is 6.61. The van der Waals surface area contributed by atoms with Crippen LogP contribution >= 0.6 is 11.6 Å². The summed E-state index contributed by atoms with van der Waals surface area (Å²) >= 11 is 5.89. The van der Waals surface area contributed by atoms with Gasteiger partial charge in [0.15, 0.2) is 0 Å². The lowest BCUT2D eigenvalue weighted by Gasteiger charge is -2.15. The third-order valence-corrected chi connectivity index (χ3v) is 4.38. The molecule has 0 atom stereocenters. The van der Waals surface area contributed by atoms with Gasteiger partial charge in [-0.2, -0.15) is 10.1 Å². The Morgan fingerprint density at radius 1 is 0.967 bits per heavy atom. The van der Waals surface area contributed by atoms with Crippen LogP contribution in [0.5, 0.6) is 0 Å². The number of benzene rings is 3. The maximum absolute atomic E-state index is 13.1. The molecule has 1 heterocycles. The van der Waals surface area contributed by atoms with Gasteiger partial charge in [0, 0.05) is 10.6 Å².